The van der Waals surface area contributed by atoms with Crippen molar-refractivity contribution in [1.82, 2.24) is 14.7 Å². The number of benzene rings is 1. The predicted molar refractivity (Wildman–Crippen MR) is 109 cm³/mol. The molecular weight excluding hydrogens is 433 g/mol. The van der Waals surface area contributed by atoms with E-state index in [1.54, 1.807) is 0 Å². The van der Waals surface area contributed by atoms with Crippen LogP contribution in [0.4, 0.5) is 18.3 Å². The zero-order chi connectivity index (χ0) is 22.6. The number of carbonyl (C=O) groups excluding carboxylic acids is 1. The van der Waals surface area contributed by atoms with E-state index < -0.39 is 12.1 Å². The zero-order valence-electron chi connectivity index (χ0n) is 16.8. The topological polar surface area (TPSA) is 104 Å². The van der Waals surface area contributed by atoms with Crippen molar-refractivity contribution in [2.45, 2.75) is 50.7 Å². The number of nitrogens with zero attached hydrogens (tertiary/aromatic N) is 2. The SMILES string of the molecule is CCc1nsc(NC(=O)c2cccc(C3CC3NCC3CC3)c2)n1.O=C(O)C(F)(F)F. The first-order chi connectivity index (χ1) is 14.7. The number of aliphatic carboxylic acids is 1. The Balaban J connectivity index is 0.000000339. The van der Waals surface area contributed by atoms with Gasteiger partial charge in [0.05, 0.1) is 0 Å². The molecule has 0 radical (unpaired) electrons. The molecule has 3 N–H and O–H groups in total. The first kappa shape index (κ1) is 23.1. The fourth-order valence-electron chi connectivity index (χ4n) is 2.96. The van der Waals surface area contributed by atoms with Gasteiger partial charge in [-0.25, -0.2) is 9.78 Å². The van der Waals surface area contributed by atoms with E-state index in [9.17, 15) is 18.0 Å². The third-order valence-electron chi connectivity index (χ3n) is 4.98. The molecule has 2 atom stereocenters. The highest BCUT2D eigenvalue weighted by Crippen LogP contribution is 2.41. The molecule has 11 heteroatoms. The summed E-state index contributed by atoms with van der Waals surface area (Å²) in [5.74, 6) is -0.647. The smallest absolute Gasteiger partial charge is 0.475 e. The van der Waals surface area contributed by atoms with Crippen molar-refractivity contribution < 1.29 is 27.9 Å². The molecule has 1 aromatic heterocycles. The highest BCUT2D eigenvalue weighted by molar-refractivity contribution is 7.09. The summed E-state index contributed by atoms with van der Waals surface area (Å²) >= 11 is 1.23. The normalized spacial score (nSPS) is 19.9. The summed E-state index contributed by atoms with van der Waals surface area (Å²) in [5.41, 5.74) is 1.94. The standard InChI is InChI=1S/C18H22N4OS.C2HF3O2/c1-2-16-20-18(24-22-16)21-17(23)13-5-3-4-12(8-13)14-9-15(14)19-10-11-6-7-11;3-2(4,5)1(6)7/h3-5,8,11,14-15,19H,2,6-7,9-10H2,1H3,(H,20,21,22,23);(H,6,7). The summed E-state index contributed by atoms with van der Waals surface area (Å²) in [5, 5.41) is 14.2. The Kier molecular flexibility index (Phi) is 7.26. The number of carboxylic acids is 1. The van der Waals surface area contributed by atoms with Gasteiger partial charge in [0.1, 0.15) is 5.82 Å². The number of carbonyl (C=O) groups is 2. The van der Waals surface area contributed by atoms with Gasteiger partial charge in [0.25, 0.3) is 5.91 Å². The van der Waals surface area contributed by atoms with Gasteiger partial charge in [-0.2, -0.15) is 17.5 Å². The third-order valence-corrected chi connectivity index (χ3v) is 5.65. The van der Waals surface area contributed by atoms with Crippen LogP contribution in [0, 0.1) is 5.92 Å². The second-order valence-corrected chi connectivity index (χ2v) is 8.30. The Hall–Kier alpha value is -2.53. The summed E-state index contributed by atoms with van der Waals surface area (Å²) < 4.78 is 35.9. The van der Waals surface area contributed by atoms with Crippen LogP contribution in [0.25, 0.3) is 0 Å². The minimum Gasteiger partial charge on any atom is -0.475 e. The van der Waals surface area contributed by atoms with E-state index in [1.165, 1.54) is 36.4 Å². The van der Waals surface area contributed by atoms with Crippen LogP contribution in [0.3, 0.4) is 0 Å². The van der Waals surface area contributed by atoms with Gasteiger partial charge in [-0.1, -0.05) is 19.1 Å². The van der Waals surface area contributed by atoms with Gasteiger partial charge < -0.3 is 10.4 Å². The molecule has 1 aromatic carbocycles. The summed E-state index contributed by atoms with van der Waals surface area (Å²) in [4.78, 5) is 25.6. The van der Waals surface area contributed by atoms with Crippen LogP contribution in [0.5, 0.6) is 0 Å². The lowest BCUT2D eigenvalue weighted by atomic mass is 10.1. The molecule has 1 heterocycles. The van der Waals surface area contributed by atoms with E-state index in [4.69, 9.17) is 9.90 Å². The van der Waals surface area contributed by atoms with Crippen molar-refractivity contribution in [1.29, 1.82) is 0 Å². The first-order valence-electron chi connectivity index (χ1n) is 9.94. The molecule has 2 fully saturated rings. The van der Waals surface area contributed by atoms with Crippen LogP contribution in [0.1, 0.15) is 53.8 Å². The van der Waals surface area contributed by atoms with Crippen LogP contribution in [-0.4, -0.2) is 45.1 Å². The number of aromatic nitrogens is 2. The van der Waals surface area contributed by atoms with Crippen molar-refractivity contribution in [2.24, 2.45) is 5.92 Å². The predicted octanol–water partition coefficient (Wildman–Crippen LogP) is 3.84. The van der Waals surface area contributed by atoms with Crippen LogP contribution in [-0.2, 0) is 11.2 Å². The second kappa shape index (κ2) is 9.73. The Labute approximate surface area is 181 Å². The van der Waals surface area contributed by atoms with Gasteiger partial charge in [0.2, 0.25) is 5.13 Å². The number of hydrogen-bond donors (Lipinski definition) is 3. The summed E-state index contributed by atoms with van der Waals surface area (Å²) in [6.45, 7) is 3.15. The number of anilines is 1. The lowest BCUT2D eigenvalue weighted by molar-refractivity contribution is -0.192. The lowest BCUT2D eigenvalue weighted by Crippen LogP contribution is -2.21. The van der Waals surface area contributed by atoms with Crippen molar-refractivity contribution in [3.8, 4) is 0 Å². The van der Waals surface area contributed by atoms with Crippen LogP contribution >= 0.6 is 11.5 Å². The van der Waals surface area contributed by atoms with Crippen LogP contribution in [0.2, 0.25) is 0 Å². The van der Waals surface area contributed by atoms with E-state index in [1.807, 2.05) is 25.1 Å². The summed E-state index contributed by atoms with van der Waals surface area (Å²) in [6.07, 6.45) is -0.371. The maximum absolute atomic E-state index is 12.4. The molecule has 2 aliphatic rings. The lowest BCUT2D eigenvalue weighted by Gasteiger charge is -2.06. The minimum absolute atomic E-state index is 0.112. The van der Waals surface area contributed by atoms with Crippen molar-refractivity contribution in [3.05, 3.63) is 41.2 Å². The molecule has 2 unspecified atom stereocenters. The molecule has 4 rings (SSSR count). The first-order valence-corrected chi connectivity index (χ1v) is 10.7. The van der Waals surface area contributed by atoms with Gasteiger partial charge >= 0.3 is 12.1 Å². The number of hydrogen-bond acceptors (Lipinski definition) is 6. The third kappa shape index (κ3) is 7.00. The number of halogens is 3. The molecule has 0 bridgehead atoms. The fraction of sp³-hybridized carbons (Fsp3) is 0.500. The fourth-order valence-corrected chi connectivity index (χ4v) is 3.60. The highest BCUT2D eigenvalue weighted by atomic mass is 32.1. The molecule has 0 spiro atoms. The molecule has 2 aliphatic carbocycles. The average molecular weight is 456 g/mol. The molecule has 0 aliphatic heterocycles. The number of nitrogens with one attached hydrogen (secondary N) is 2. The summed E-state index contributed by atoms with van der Waals surface area (Å²) in [6, 6.07) is 8.55. The molecule has 1 amide bonds. The molecule has 2 saturated carbocycles. The van der Waals surface area contributed by atoms with Gasteiger partial charge in [-0.3, -0.25) is 10.1 Å². The Morgan fingerprint density at radius 2 is 2.00 bits per heavy atom. The zero-order valence-corrected chi connectivity index (χ0v) is 17.6. The van der Waals surface area contributed by atoms with Crippen LogP contribution < -0.4 is 10.6 Å². The van der Waals surface area contributed by atoms with E-state index in [2.05, 4.69) is 26.1 Å². The van der Waals surface area contributed by atoms with E-state index in [-0.39, 0.29) is 5.91 Å². The number of aryl methyl sites for hydroxylation is 1. The Bertz CT molecular complexity index is 930. The minimum atomic E-state index is -5.08. The van der Waals surface area contributed by atoms with Gasteiger partial charge in [0.15, 0.2) is 0 Å². The van der Waals surface area contributed by atoms with E-state index in [0.717, 1.165) is 24.7 Å². The maximum Gasteiger partial charge on any atom is 0.490 e. The average Bonchev–Trinajstić information content (AvgIpc) is 3.64. The van der Waals surface area contributed by atoms with E-state index in [0.29, 0.717) is 22.7 Å². The second-order valence-electron chi connectivity index (χ2n) is 7.55. The molecule has 0 saturated heterocycles. The molecule has 168 valence electrons. The van der Waals surface area contributed by atoms with Crippen molar-refractivity contribution in [2.75, 3.05) is 11.9 Å². The maximum atomic E-state index is 12.4. The van der Waals surface area contributed by atoms with Gasteiger partial charge in [-0.05, 0) is 49.4 Å². The van der Waals surface area contributed by atoms with Gasteiger partial charge in [-0.15, -0.1) is 0 Å². The number of carboxylic acid groups (broad SMARTS) is 1. The number of amides is 1. The monoisotopic (exact) mass is 456 g/mol. The molecule has 2 aromatic rings. The van der Waals surface area contributed by atoms with Gasteiger partial charge in [0, 0.05) is 35.5 Å². The number of rotatable bonds is 7. The highest BCUT2D eigenvalue weighted by Gasteiger charge is 2.39. The largest absolute Gasteiger partial charge is 0.490 e. The Morgan fingerprint density at radius 1 is 1.29 bits per heavy atom. The summed E-state index contributed by atoms with van der Waals surface area (Å²) in [7, 11) is 0. The van der Waals surface area contributed by atoms with Crippen molar-refractivity contribution in [3.63, 3.8) is 0 Å². The van der Waals surface area contributed by atoms with E-state index >= 15 is 0 Å². The van der Waals surface area contributed by atoms with Crippen LogP contribution in [0.15, 0.2) is 24.3 Å². The molecule has 7 nitrogen and oxygen atoms in total. The van der Waals surface area contributed by atoms with Crippen molar-refractivity contribution >= 4 is 28.5 Å². The Morgan fingerprint density at radius 3 is 2.58 bits per heavy atom. The number of alkyl halides is 3. The molecule has 31 heavy (non-hydrogen) atoms. The molecular formula is C20H23F3N4O3S. The quantitative estimate of drug-likeness (QED) is 0.585.